The zero-order valence-electron chi connectivity index (χ0n) is 24.8. The van der Waals surface area contributed by atoms with Gasteiger partial charge in [-0.15, -0.1) is 0 Å². The number of amides is 1. The van der Waals surface area contributed by atoms with Gasteiger partial charge in [-0.2, -0.15) is 9.97 Å². The predicted molar refractivity (Wildman–Crippen MR) is 168 cm³/mol. The first kappa shape index (κ1) is 29.2. The first-order valence-electron chi connectivity index (χ1n) is 14.3. The highest BCUT2D eigenvalue weighted by Gasteiger charge is 2.19. The number of nitrogens with two attached hydrogens (primary N) is 1. The lowest BCUT2D eigenvalue weighted by Crippen LogP contribution is -2.44. The monoisotopic (exact) mass is 565 g/mol. The number of aliphatic hydroxyl groups is 1. The van der Waals surface area contributed by atoms with Crippen LogP contribution in [0.4, 0.5) is 17.3 Å². The molecule has 1 fully saturated rings. The molecule has 0 atom stereocenters. The molecule has 1 aromatic heterocycles. The summed E-state index contributed by atoms with van der Waals surface area (Å²) < 4.78 is 0. The molecule has 1 saturated heterocycles. The number of anilines is 3. The van der Waals surface area contributed by atoms with Gasteiger partial charge in [0.15, 0.2) is 5.82 Å². The molecule has 1 aliphatic heterocycles. The van der Waals surface area contributed by atoms with Crippen molar-refractivity contribution in [3.8, 4) is 11.4 Å². The molecular formula is C33H39N7O2. The fourth-order valence-electron chi connectivity index (χ4n) is 5.11. The second kappa shape index (κ2) is 12.3. The summed E-state index contributed by atoms with van der Waals surface area (Å²) in [7, 11) is 2.15. The van der Waals surface area contributed by atoms with E-state index in [9.17, 15) is 9.90 Å². The van der Waals surface area contributed by atoms with E-state index >= 15 is 0 Å². The molecule has 0 unspecified atom stereocenters. The van der Waals surface area contributed by atoms with Crippen LogP contribution in [0.25, 0.3) is 11.4 Å². The van der Waals surface area contributed by atoms with Crippen molar-refractivity contribution in [3.05, 3.63) is 94.8 Å². The lowest BCUT2D eigenvalue weighted by atomic mass is 9.86. The Hall–Kier alpha value is -4.34. The number of nitrogens with one attached hydrogen (secondary N) is 1. The van der Waals surface area contributed by atoms with Crippen molar-refractivity contribution in [2.75, 3.05) is 49.2 Å². The van der Waals surface area contributed by atoms with Gasteiger partial charge in [-0.1, -0.05) is 57.2 Å². The number of carbonyl (C=O) groups excluding carboxylic acids is 1. The minimum Gasteiger partial charge on any atom is -0.392 e. The van der Waals surface area contributed by atoms with Crippen LogP contribution in [0.15, 0.2) is 66.7 Å². The molecule has 0 aliphatic carbocycles. The van der Waals surface area contributed by atoms with Crippen LogP contribution in [-0.4, -0.2) is 64.1 Å². The molecule has 0 saturated carbocycles. The Morgan fingerprint density at radius 1 is 0.929 bits per heavy atom. The molecule has 4 N–H and O–H groups in total. The Morgan fingerprint density at radius 2 is 1.62 bits per heavy atom. The maximum absolute atomic E-state index is 13.1. The van der Waals surface area contributed by atoms with Gasteiger partial charge >= 0.3 is 0 Å². The van der Waals surface area contributed by atoms with Crippen LogP contribution in [0.3, 0.4) is 0 Å². The largest absolute Gasteiger partial charge is 0.392 e. The molecule has 2 heterocycles. The van der Waals surface area contributed by atoms with E-state index in [2.05, 4.69) is 77.2 Å². The van der Waals surface area contributed by atoms with E-state index < -0.39 is 0 Å². The number of aliphatic hydroxyl groups excluding tert-OH is 1. The number of piperazine rings is 1. The molecule has 0 radical (unpaired) electrons. The van der Waals surface area contributed by atoms with E-state index in [1.165, 1.54) is 5.69 Å². The number of benzene rings is 3. The van der Waals surface area contributed by atoms with E-state index in [0.717, 1.165) is 37.3 Å². The van der Waals surface area contributed by atoms with Crippen molar-refractivity contribution in [2.24, 2.45) is 0 Å². The maximum Gasteiger partial charge on any atom is 0.255 e. The Balaban J connectivity index is 1.35. The van der Waals surface area contributed by atoms with Crippen molar-refractivity contribution in [3.63, 3.8) is 0 Å². The van der Waals surface area contributed by atoms with Gasteiger partial charge in [0.25, 0.3) is 5.91 Å². The molecule has 0 spiro atoms. The molecule has 42 heavy (non-hydrogen) atoms. The van der Waals surface area contributed by atoms with E-state index in [-0.39, 0.29) is 23.9 Å². The Morgan fingerprint density at radius 3 is 2.26 bits per heavy atom. The Kier molecular flexibility index (Phi) is 8.51. The average Bonchev–Trinajstić information content (AvgIpc) is 2.97. The van der Waals surface area contributed by atoms with Gasteiger partial charge in [-0.05, 0) is 53.9 Å². The fraction of sp³-hybridized carbons (Fsp3) is 0.333. The van der Waals surface area contributed by atoms with Gasteiger partial charge in [0.05, 0.1) is 6.61 Å². The summed E-state index contributed by atoms with van der Waals surface area (Å²) in [5.41, 5.74) is 11.6. The van der Waals surface area contributed by atoms with Crippen LogP contribution < -0.4 is 16.0 Å². The number of carbonyl (C=O) groups is 1. The maximum atomic E-state index is 13.1. The van der Waals surface area contributed by atoms with Crippen LogP contribution in [0.2, 0.25) is 0 Å². The molecule has 9 nitrogen and oxygen atoms in total. The molecule has 3 aromatic carbocycles. The summed E-state index contributed by atoms with van der Waals surface area (Å²) in [5, 5.41) is 13.3. The highest BCUT2D eigenvalue weighted by molar-refractivity contribution is 6.05. The van der Waals surface area contributed by atoms with Gasteiger partial charge in [-0.3, -0.25) is 4.79 Å². The molecule has 5 rings (SSSR count). The zero-order valence-corrected chi connectivity index (χ0v) is 24.8. The van der Waals surface area contributed by atoms with Gasteiger partial charge < -0.3 is 26.0 Å². The first-order valence-corrected chi connectivity index (χ1v) is 14.3. The van der Waals surface area contributed by atoms with E-state index in [0.29, 0.717) is 40.4 Å². The minimum absolute atomic E-state index is 0.00725. The van der Waals surface area contributed by atoms with E-state index in [1.807, 2.05) is 30.3 Å². The zero-order chi connectivity index (χ0) is 29.9. The Labute approximate surface area is 247 Å². The molecule has 9 heteroatoms. The summed E-state index contributed by atoms with van der Waals surface area (Å²) in [6, 6.07) is 21.4. The first-order chi connectivity index (χ1) is 20.1. The lowest BCUT2D eigenvalue weighted by Gasteiger charge is -2.34. The molecule has 1 amide bonds. The van der Waals surface area contributed by atoms with Gasteiger partial charge in [0.2, 0.25) is 5.95 Å². The second-order valence-electron chi connectivity index (χ2n) is 11.8. The number of likely N-dealkylation sites (N-methyl/N-ethyl adjacent to an activating group) is 1. The number of nitrogens with zero attached hydrogens (tertiary/aromatic N) is 5. The van der Waals surface area contributed by atoms with Crippen molar-refractivity contribution in [1.29, 1.82) is 0 Å². The van der Waals surface area contributed by atoms with Crippen LogP contribution >= 0.6 is 0 Å². The second-order valence-corrected chi connectivity index (χ2v) is 11.8. The molecule has 1 aliphatic rings. The normalized spacial score (nSPS) is 14.2. The molecule has 0 bridgehead atoms. The molecule has 218 valence electrons. The van der Waals surface area contributed by atoms with Crippen molar-refractivity contribution in [2.45, 2.75) is 39.2 Å². The van der Waals surface area contributed by atoms with E-state index in [4.69, 9.17) is 10.7 Å². The summed E-state index contributed by atoms with van der Waals surface area (Å²) >= 11 is 0. The van der Waals surface area contributed by atoms with Crippen LogP contribution in [-0.2, 0) is 18.4 Å². The average molecular weight is 566 g/mol. The Bertz CT molecular complexity index is 1540. The topological polar surface area (TPSA) is 120 Å². The van der Waals surface area contributed by atoms with Gasteiger partial charge in [0, 0.05) is 60.7 Å². The fourth-order valence-corrected chi connectivity index (χ4v) is 5.11. The van der Waals surface area contributed by atoms with Gasteiger partial charge in [-0.25, -0.2) is 4.98 Å². The number of aromatic nitrogens is 3. The summed E-state index contributed by atoms with van der Waals surface area (Å²) in [4.78, 5) is 31.3. The summed E-state index contributed by atoms with van der Waals surface area (Å²) in [5.74, 6) is 0.711. The lowest BCUT2D eigenvalue weighted by molar-refractivity contribution is 0.102. The molecule has 4 aromatic rings. The highest BCUT2D eigenvalue weighted by Crippen LogP contribution is 2.29. The standard InChI is InChI=1S/C33H39N7O2/c1-33(2,3)24-12-10-23(11-13-24)31(42)35-28-7-5-6-26(27(28)21-41)30-36-29(37-32(34)38-30)20-22-8-14-25(15-9-22)40-18-16-39(4)17-19-40/h5-15,41H,16-21H2,1-4H3,(H,35,42)(H2,34,36,37,38). The number of hydrogen-bond acceptors (Lipinski definition) is 8. The number of hydrogen-bond donors (Lipinski definition) is 3. The van der Waals surface area contributed by atoms with Gasteiger partial charge in [0.1, 0.15) is 5.82 Å². The van der Waals surface area contributed by atoms with Crippen molar-refractivity contribution >= 4 is 23.2 Å². The quantitative estimate of drug-likeness (QED) is 0.300. The van der Waals surface area contributed by atoms with Crippen LogP contribution in [0, 0.1) is 0 Å². The van der Waals surface area contributed by atoms with Crippen LogP contribution in [0.1, 0.15) is 53.6 Å². The highest BCUT2D eigenvalue weighted by atomic mass is 16.3. The third-order valence-electron chi connectivity index (χ3n) is 7.70. The summed E-state index contributed by atoms with van der Waals surface area (Å²) in [6.45, 7) is 10.2. The van der Waals surface area contributed by atoms with E-state index in [1.54, 1.807) is 12.1 Å². The third kappa shape index (κ3) is 6.75. The summed E-state index contributed by atoms with van der Waals surface area (Å²) in [6.07, 6.45) is 0.484. The number of rotatable bonds is 7. The number of nitrogen functional groups attached to an aromatic ring is 1. The minimum atomic E-state index is -0.316. The van der Waals surface area contributed by atoms with Crippen LogP contribution in [0.5, 0.6) is 0 Å². The van der Waals surface area contributed by atoms with Crippen molar-refractivity contribution < 1.29 is 9.90 Å². The third-order valence-corrected chi connectivity index (χ3v) is 7.70. The predicted octanol–water partition coefficient (Wildman–Crippen LogP) is 4.51. The molecular weight excluding hydrogens is 526 g/mol. The smallest absolute Gasteiger partial charge is 0.255 e. The van der Waals surface area contributed by atoms with Crippen molar-refractivity contribution in [1.82, 2.24) is 19.9 Å². The SMILES string of the molecule is CN1CCN(c2ccc(Cc3nc(N)nc(-c4cccc(NC(=O)c5ccc(C(C)(C)C)cc5)c4CO)n3)cc2)CC1.